The smallest absolute Gasteiger partial charge is 0.254 e. The quantitative estimate of drug-likeness (QED) is 0.547. The predicted octanol–water partition coefficient (Wildman–Crippen LogP) is 5.14. The highest BCUT2D eigenvalue weighted by Crippen LogP contribution is 2.30. The molecular formula is C24H22BrFN2O. The van der Waals surface area contributed by atoms with Crippen molar-refractivity contribution in [2.45, 2.75) is 6.04 Å². The fraction of sp³-hybridized carbons (Fsp3) is 0.208. The molecule has 1 unspecified atom stereocenters. The molecule has 1 heterocycles. The lowest BCUT2D eigenvalue weighted by atomic mass is 9.96. The topological polar surface area (TPSA) is 23.6 Å². The summed E-state index contributed by atoms with van der Waals surface area (Å²) in [7, 11) is 0. The second-order valence-electron chi connectivity index (χ2n) is 7.20. The van der Waals surface area contributed by atoms with Gasteiger partial charge in [-0.15, -0.1) is 0 Å². The molecule has 0 N–H and O–H groups in total. The molecule has 0 aromatic heterocycles. The van der Waals surface area contributed by atoms with Crippen LogP contribution in [0.4, 0.5) is 4.39 Å². The fourth-order valence-corrected chi connectivity index (χ4v) is 4.15. The van der Waals surface area contributed by atoms with Gasteiger partial charge < -0.3 is 4.90 Å². The molecule has 0 bridgehead atoms. The Hall–Kier alpha value is -2.50. The van der Waals surface area contributed by atoms with Crippen molar-refractivity contribution in [3.8, 4) is 0 Å². The molecule has 1 aliphatic heterocycles. The van der Waals surface area contributed by atoms with Crippen molar-refractivity contribution in [2.75, 3.05) is 26.2 Å². The fourth-order valence-electron chi connectivity index (χ4n) is 3.88. The first-order valence-electron chi connectivity index (χ1n) is 9.71. The van der Waals surface area contributed by atoms with Crippen molar-refractivity contribution < 1.29 is 9.18 Å². The maximum Gasteiger partial charge on any atom is 0.254 e. The monoisotopic (exact) mass is 452 g/mol. The van der Waals surface area contributed by atoms with Crippen LogP contribution in [0.3, 0.4) is 0 Å². The van der Waals surface area contributed by atoms with Crippen molar-refractivity contribution in [1.29, 1.82) is 0 Å². The van der Waals surface area contributed by atoms with Crippen LogP contribution in [-0.2, 0) is 0 Å². The normalized spacial score (nSPS) is 15.9. The lowest BCUT2D eigenvalue weighted by Crippen LogP contribution is -2.49. The summed E-state index contributed by atoms with van der Waals surface area (Å²) < 4.78 is 14.5. The number of nitrogens with zero attached hydrogens (tertiary/aromatic N) is 2. The maximum absolute atomic E-state index is 13.5. The molecule has 29 heavy (non-hydrogen) atoms. The van der Waals surface area contributed by atoms with Gasteiger partial charge in [0.25, 0.3) is 5.91 Å². The highest BCUT2D eigenvalue weighted by atomic mass is 79.9. The molecule has 0 aliphatic carbocycles. The summed E-state index contributed by atoms with van der Waals surface area (Å²) in [5, 5.41) is 0. The van der Waals surface area contributed by atoms with Gasteiger partial charge in [-0.3, -0.25) is 9.69 Å². The Kier molecular flexibility index (Phi) is 6.07. The first-order valence-corrected chi connectivity index (χ1v) is 10.5. The molecule has 3 aromatic carbocycles. The maximum atomic E-state index is 13.5. The van der Waals surface area contributed by atoms with Crippen LogP contribution in [0.2, 0.25) is 0 Å². The van der Waals surface area contributed by atoms with Gasteiger partial charge in [0.15, 0.2) is 0 Å². The van der Waals surface area contributed by atoms with Gasteiger partial charge in [-0.2, -0.15) is 0 Å². The molecule has 148 valence electrons. The van der Waals surface area contributed by atoms with Crippen molar-refractivity contribution >= 4 is 21.8 Å². The third kappa shape index (κ3) is 4.57. The molecule has 1 fully saturated rings. The van der Waals surface area contributed by atoms with Crippen LogP contribution in [0.25, 0.3) is 0 Å². The van der Waals surface area contributed by atoms with Gasteiger partial charge in [0, 0.05) is 36.2 Å². The average molecular weight is 453 g/mol. The van der Waals surface area contributed by atoms with Crippen LogP contribution in [0, 0.1) is 5.82 Å². The summed E-state index contributed by atoms with van der Waals surface area (Å²) in [6, 6.07) is 24.9. The number of carbonyl (C=O) groups is 1. The van der Waals surface area contributed by atoms with E-state index in [1.807, 2.05) is 11.0 Å². The van der Waals surface area contributed by atoms with Gasteiger partial charge in [0.05, 0.1) is 6.04 Å². The number of halogens is 2. The number of rotatable bonds is 4. The third-order valence-corrected chi connectivity index (χ3v) is 5.87. The Bertz CT molecular complexity index is 970. The number of carbonyl (C=O) groups excluding carboxylic acids is 1. The highest BCUT2D eigenvalue weighted by Gasteiger charge is 2.28. The molecule has 3 nitrogen and oxygen atoms in total. The lowest BCUT2D eigenvalue weighted by molar-refractivity contribution is 0.0597. The van der Waals surface area contributed by atoms with E-state index in [-0.39, 0.29) is 17.8 Å². The van der Waals surface area contributed by atoms with Crippen molar-refractivity contribution in [3.63, 3.8) is 0 Å². The minimum Gasteiger partial charge on any atom is -0.336 e. The molecule has 4 rings (SSSR count). The summed E-state index contributed by atoms with van der Waals surface area (Å²) in [5.41, 5.74) is 2.87. The van der Waals surface area contributed by atoms with E-state index in [4.69, 9.17) is 0 Å². The largest absolute Gasteiger partial charge is 0.336 e. The summed E-state index contributed by atoms with van der Waals surface area (Å²) in [5.74, 6) is -0.488. The highest BCUT2D eigenvalue weighted by molar-refractivity contribution is 9.10. The minimum atomic E-state index is -0.381. The van der Waals surface area contributed by atoms with Crippen molar-refractivity contribution in [2.24, 2.45) is 0 Å². The number of benzene rings is 3. The van der Waals surface area contributed by atoms with E-state index in [1.54, 1.807) is 12.1 Å². The molecule has 1 saturated heterocycles. The molecule has 1 aliphatic rings. The first kappa shape index (κ1) is 19.8. The van der Waals surface area contributed by atoms with Crippen LogP contribution < -0.4 is 0 Å². The van der Waals surface area contributed by atoms with Crippen LogP contribution in [0.5, 0.6) is 0 Å². The zero-order chi connectivity index (χ0) is 20.2. The Morgan fingerprint density at radius 2 is 1.48 bits per heavy atom. The van der Waals surface area contributed by atoms with Gasteiger partial charge in [-0.25, -0.2) is 4.39 Å². The third-order valence-electron chi connectivity index (χ3n) is 5.34. The van der Waals surface area contributed by atoms with Gasteiger partial charge in [0.2, 0.25) is 0 Å². The lowest BCUT2D eigenvalue weighted by Gasteiger charge is -2.39. The second kappa shape index (κ2) is 8.89. The average Bonchev–Trinajstić information content (AvgIpc) is 2.76. The number of hydrogen-bond acceptors (Lipinski definition) is 2. The molecule has 3 aromatic rings. The molecule has 0 saturated carbocycles. The van der Waals surface area contributed by atoms with Crippen LogP contribution in [0.15, 0.2) is 83.3 Å². The predicted molar refractivity (Wildman–Crippen MR) is 116 cm³/mol. The summed E-state index contributed by atoms with van der Waals surface area (Å²) in [6.45, 7) is 2.76. The van der Waals surface area contributed by atoms with E-state index in [1.165, 1.54) is 23.3 Å². The van der Waals surface area contributed by atoms with E-state index >= 15 is 0 Å². The molecule has 0 spiro atoms. The van der Waals surface area contributed by atoms with E-state index in [2.05, 4.69) is 69.4 Å². The zero-order valence-electron chi connectivity index (χ0n) is 16.0. The van der Waals surface area contributed by atoms with Gasteiger partial charge in [0.1, 0.15) is 5.82 Å². The Labute approximate surface area is 178 Å². The summed E-state index contributed by atoms with van der Waals surface area (Å²) in [6.07, 6.45) is 0. The van der Waals surface area contributed by atoms with Crippen LogP contribution in [-0.4, -0.2) is 41.9 Å². The second-order valence-corrected chi connectivity index (χ2v) is 8.12. The number of hydrogen-bond donors (Lipinski definition) is 0. The minimum absolute atomic E-state index is 0.107. The van der Waals surface area contributed by atoms with E-state index in [0.29, 0.717) is 18.7 Å². The molecule has 1 atom stereocenters. The summed E-state index contributed by atoms with van der Waals surface area (Å²) >= 11 is 3.51. The number of amides is 1. The molecule has 5 heteroatoms. The zero-order valence-corrected chi connectivity index (χ0v) is 17.6. The van der Waals surface area contributed by atoms with E-state index in [0.717, 1.165) is 17.6 Å². The van der Waals surface area contributed by atoms with Gasteiger partial charge >= 0.3 is 0 Å². The van der Waals surface area contributed by atoms with Crippen LogP contribution in [0.1, 0.15) is 27.5 Å². The SMILES string of the molecule is O=C(c1cccc(F)c1)N1CCN(C(c2ccccc2)c2ccc(Br)cc2)CC1. The standard InChI is InChI=1S/C24H22BrFN2O/c25-21-11-9-19(10-12-21)23(18-5-2-1-3-6-18)27-13-15-28(16-14-27)24(29)20-7-4-8-22(26)17-20/h1-12,17,23H,13-16H2. The molecule has 1 amide bonds. The molecular weight excluding hydrogens is 431 g/mol. The van der Waals surface area contributed by atoms with E-state index < -0.39 is 0 Å². The Morgan fingerprint density at radius 1 is 0.828 bits per heavy atom. The van der Waals surface area contributed by atoms with E-state index in [9.17, 15) is 9.18 Å². The first-order chi connectivity index (χ1) is 14.1. The van der Waals surface area contributed by atoms with Crippen LogP contribution >= 0.6 is 15.9 Å². The van der Waals surface area contributed by atoms with Crippen molar-refractivity contribution in [3.05, 3.63) is 106 Å². The summed E-state index contributed by atoms with van der Waals surface area (Å²) in [4.78, 5) is 17.0. The molecule has 0 radical (unpaired) electrons. The number of piperazine rings is 1. The Morgan fingerprint density at radius 3 is 2.14 bits per heavy atom. The van der Waals surface area contributed by atoms with Crippen molar-refractivity contribution in [1.82, 2.24) is 9.80 Å². The Balaban J connectivity index is 1.52. The van der Waals surface area contributed by atoms with Gasteiger partial charge in [-0.1, -0.05) is 64.5 Å². The van der Waals surface area contributed by atoms with Gasteiger partial charge in [-0.05, 0) is 41.5 Å².